The van der Waals surface area contributed by atoms with Crippen LogP contribution in [0.3, 0.4) is 0 Å². The van der Waals surface area contributed by atoms with E-state index in [4.69, 9.17) is 0 Å². The molecule has 1 nitrogen and oxygen atoms in total. The van der Waals surface area contributed by atoms with Crippen molar-refractivity contribution < 1.29 is 22.0 Å². The first-order chi connectivity index (χ1) is 11.4. The zero-order chi connectivity index (χ0) is 17.4. The highest BCUT2D eigenvalue weighted by Gasteiger charge is 2.25. The minimum absolute atomic E-state index is 0.420. The molecule has 0 bridgehead atoms. The quantitative estimate of drug-likeness (QED) is 0.265. The van der Waals surface area contributed by atoms with Crippen molar-refractivity contribution >= 4 is 22.7 Å². The molecule has 2 aromatic carbocycles. The van der Waals surface area contributed by atoms with Crippen LogP contribution in [0.25, 0.3) is 10.9 Å². The van der Waals surface area contributed by atoms with Gasteiger partial charge in [0.1, 0.15) is 0 Å². The molecule has 0 N–H and O–H groups in total. The molecule has 3 aromatic rings. The fraction of sp³-hybridized carbons (Fsp3) is 0.118. The number of aryl methyl sites for hydroxylation is 1. The zero-order valence-corrected chi connectivity index (χ0v) is 13.2. The number of rotatable bonds is 3. The fourth-order valence-corrected chi connectivity index (χ4v) is 3.28. The van der Waals surface area contributed by atoms with Crippen LogP contribution in [0, 0.1) is 36.0 Å². The number of pyridine rings is 1. The third-order valence-electron chi connectivity index (χ3n) is 3.56. The highest BCUT2D eigenvalue weighted by atomic mass is 32.2. The predicted molar refractivity (Wildman–Crippen MR) is 82.3 cm³/mol. The van der Waals surface area contributed by atoms with Gasteiger partial charge in [0, 0.05) is 16.7 Å². The van der Waals surface area contributed by atoms with Crippen molar-refractivity contribution in [1.29, 1.82) is 0 Å². The van der Waals surface area contributed by atoms with Crippen molar-refractivity contribution in [2.75, 3.05) is 0 Å². The number of hydrogen-bond donors (Lipinski definition) is 0. The number of thioether (sulfide) groups is 1. The van der Waals surface area contributed by atoms with E-state index in [0.29, 0.717) is 10.5 Å². The maximum absolute atomic E-state index is 13.7. The Kier molecular flexibility index (Phi) is 4.45. The number of halogens is 5. The summed E-state index contributed by atoms with van der Waals surface area (Å²) in [4.78, 5) is 4.33. The molecule has 0 aliphatic carbocycles. The monoisotopic (exact) mass is 355 g/mol. The number of aromatic nitrogens is 1. The van der Waals surface area contributed by atoms with Crippen molar-refractivity contribution in [3.63, 3.8) is 0 Å². The smallest absolute Gasteiger partial charge is 0.200 e. The third-order valence-corrected chi connectivity index (χ3v) is 4.50. The topological polar surface area (TPSA) is 12.9 Å². The van der Waals surface area contributed by atoms with Crippen molar-refractivity contribution in [2.24, 2.45) is 0 Å². The molecule has 0 aliphatic heterocycles. The first kappa shape index (κ1) is 16.7. The van der Waals surface area contributed by atoms with Crippen molar-refractivity contribution in [3.05, 3.63) is 70.5 Å². The van der Waals surface area contributed by atoms with E-state index >= 15 is 0 Å². The maximum atomic E-state index is 13.7. The maximum Gasteiger partial charge on any atom is 0.200 e. The van der Waals surface area contributed by atoms with Crippen molar-refractivity contribution in [1.82, 2.24) is 4.98 Å². The lowest BCUT2D eigenvalue weighted by Crippen LogP contribution is -2.06. The average Bonchev–Trinajstić information content (AvgIpc) is 2.58. The van der Waals surface area contributed by atoms with Gasteiger partial charge in [-0.25, -0.2) is 26.9 Å². The molecule has 0 amide bonds. The second kappa shape index (κ2) is 6.39. The van der Waals surface area contributed by atoms with Crippen molar-refractivity contribution in [3.8, 4) is 0 Å². The summed E-state index contributed by atoms with van der Waals surface area (Å²) in [7, 11) is 0. The Balaban J connectivity index is 1.95. The van der Waals surface area contributed by atoms with Crippen LogP contribution in [-0.2, 0) is 5.75 Å². The lowest BCUT2D eigenvalue weighted by atomic mass is 10.1. The van der Waals surface area contributed by atoms with Gasteiger partial charge in [0.25, 0.3) is 0 Å². The molecule has 0 spiro atoms. The summed E-state index contributed by atoms with van der Waals surface area (Å²) in [6.07, 6.45) is 0. The van der Waals surface area contributed by atoms with Gasteiger partial charge in [0.15, 0.2) is 23.3 Å². The second-order valence-corrected chi connectivity index (χ2v) is 6.13. The van der Waals surface area contributed by atoms with Crippen molar-refractivity contribution in [2.45, 2.75) is 17.7 Å². The van der Waals surface area contributed by atoms with Crippen LogP contribution in [0.5, 0.6) is 0 Å². The van der Waals surface area contributed by atoms with Crippen LogP contribution in [-0.4, -0.2) is 4.98 Å². The summed E-state index contributed by atoms with van der Waals surface area (Å²) in [5, 5.41) is 1.37. The van der Waals surface area contributed by atoms with Gasteiger partial charge in [-0.1, -0.05) is 18.2 Å². The van der Waals surface area contributed by atoms with E-state index in [9.17, 15) is 22.0 Å². The van der Waals surface area contributed by atoms with E-state index in [-0.39, 0.29) is 0 Å². The van der Waals surface area contributed by atoms with E-state index in [1.165, 1.54) is 0 Å². The van der Waals surface area contributed by atoms with Gasteiger partial charge in [-0.3, -0.25) is 0 Å². The summed E-state index contributed by atoms with van der Waals surface area (Å²) in [6, 6.07) is 9.03. The number of fused-ring (bicyclic) bond motifs is 1. The molecule has 7 heteroatoms. The molecule has 0 saturated heterocycles. The van der Waals surface area contributed by atoms with Crippen LogP contribution in [0.2, 0.25) is 0 Å². The summed E-state index contributed by atoms with van der Waals surface area (Å²) >= 11 is 0.907. The van der Waals surface area contributed by atoms with E-state index in [2.05, 4.69) is 4.98 Å². The van der Waals surface area contributed by atoms with Crippen LogP contribution in [0.4, 0.5) is 22.0 Å². The lowest BCUT2D eigenvalue weighted by Gasteiger charge is -2.09. The number of para-hydroxylation sites is 1. The van der Waals surface area contributed by atoms with Crippen LogP contribution >= 0.6 is 11.8 Å². The highest BCUT2D eigenvalue weighted by Crippen LogP contribution is 2.30. The molecule has 0 atom stereocenters. The molecule has 3 rings (SSSR count). The standard InChI is InChI=1S/C17H10F5NS/c1-8-6-12(23-11-5-3-2-4-9(8)11)24-7-10-13(18)15(20)17(22)16(21)14(10)19/h2-6H,7H2,1H3. The molecule has 1 aromatic heterocycles. The predicted octanol–water partition coefficient (Wildman–Crippen LogP) is 5.53. The van der Waals surface area contributed by atoms with Gasteiger partial charge >= 0.3 is 0 Å². The van der Waals surface area contributed by atoms with Gasteiger partial charge in [-0.15, -0.1) is 11.8 Å². The molecule has 0 saturated carbocycles. The largest absolute Gasteiger partial charge is 0.241 e. The number of hydrogen-bond acceptors (Lipinski definition) is 2. The molecule has 1 heterocycles. The molecule has 0 aliphatic rings. The Morgan fingerprint density at radius 3 is 2.12 bits per heavy atom. The van der Waals surface area contributed by atoms with Gasteiger partial charge in [0.2, 0.25) is 5.82 Å². The summed E-state index contributed by atoms with van der Waals surface area (Å²) in [5.41, 5.74) is 0.738. The Labute approximate surface area is 138 Å². The Hall–Kier alpha value is -2.15. The number of benzene rings is 2. The van der Waals surface area contributed by atoms with Gasteiger partial charge in [0.05, 0.1) is 10.5 Å². The van der Waals surface area contributed by atoms with Gasteiger partial charge < -0.3 is 0 Å². The minimum atomic E-state index is -2.15. The van der Waals surface area contributed by atoms with Crippen LogP contribution < -0.4 is 0 Å². The second-order valence-electron chi connectivity index (χ2n) is 5.13. The van der Waals surface area contributed by atoms with Gasteiger partial charge in [-0.2, -0.15) is 0 Å². The minimum Gasteiger partial charge on any atom is -0.241 e. The molecule has 124 valence electrons. The Morgan fingerprint density at radius 2 is 1.46 bits per heavy atom. The Bertz CT molecular complexity index is 913. The summed E-state index contributed by atoms with van der Waals surface area (Å²) < 4.78 is 66.8. The summed E-state index contributed by atoms with van der Waals surface area (Å²) in [5.74, 6) is -10.1. The summed E-state index contributed by atoms with van der Waals surface area (Å²) in [6.45, 7) is 1.85. The SMILES string of the molecule is Cc1cc(SCc2c(F)c(F)c(F)c(F)c2F)nc2ccccc12. The number of nitrogens with zero attached hydrogens (tertiary/aromatic N) is 1. The molecule has 0 radical (unpaired) electrons. The first-order valence-electron chi connectivity index (χ1n) is 6.89. The molecular weight excluding hydrogens is 345 g/mol. The van der Waals surface area contributed by atoms with E-state index in [1.807, 2.05) is 19.1 Å². The highest BCUT2D eigenvalue weighted by molar-refractivity contribution is 7.98. The van der Waals surface area contributed by atoms with E-state index in [0.717, 1.165) is 22.7 Å². The Morgan fingerprint density at radius 1 is 0.875 bits per heavy atom. The molecular formula is C17H10F5NS. The first-order valence-corrected chi connectivity index (χ1v) is 7.88. The lowest BCUT2D eigenvalue weighted by molar-refractivity contribution is 0.372. The third kappa shape index (κ3) is 2.84. The van der Waals surface area contributed by atoms with E-state index < -0.39 is 40.4 Å². The van der Waals surface area contributed by atoms with Crippen LogP contribution in [0.15, 0.2) is 35.4 Å². The molecule has 0 fully saturated rings. The molecule has 0 unspecified atom stereocenters. The average molecular weight is 355 g/mol. The van der Waals surface area contributed by atoms with Crippen LogP contribution in [0.1, 0.15) is 11.1 Å². The fourth-order valence-electron chi connectivity index (χ4n) is 2.32. The van der Waals surface area contributed by atoms with E-state index in [1.54, 1.807) is 18.2 Å². The zero-order valence-electron chi connectivity index (χ0n) is 12.3. The normalized spacial score (nSPS) is 11.2. The molecule has 24 heavy (non-hydrogen) atoms. The van der Waals surface area contributed by atoms with Gasteiger partial charge in [-0.05, 0) is 24.6 Å².